The summed E-state index contributed by atoms with van der Waals surface area (Å²) in [6.07, 6.45) is 53.9. The minimum Gasteiger partial charge on any atom is -0.457 e. The van der Waals surface area contributed by atoms with Crippen LogP contribution in [0.25, 0.3) is 0 Å². The highest BCUT2D eigenvalue weighted by Crippen LogP contribution is 2.43. The molecule has 2 atom stereocenters. The maximum absolute atomic E-state index is 12.7. The third-order valence-corrected chi connectivity index (χ3v) is 12.4. The average Bonchev–Trinajstić information content (AvgIpc) is 3.23. The molecule has 3 N–H and O–H groups in total. The molecule has 8 nitrogen and oxygen atoms in total. The van der Waals surface area contributed by atoms with Gasteiger partial charge in [0.15, 0.2) is 0 Å². The van der Waals surface area contributed by atoms with Crippen LogP contribution in [-0.2, 0) is 27.9 Å². The van der Waals surface area contributed by atoms with Crippen molar-refractivity contribution in [2.75, 3.05) is 33.0 Å². The Labute approximate surface area is 366 Å². The highest BCUT2D eigenvalue weighted by molar-refractivity contribution is 7.47. The Morgan fingerprint density at radius 1 is 0.492 bits per heavy atom. The molecule has 0 radical (unpaired) electrons. The minimum atomic E-state index is -4.28. The van der Waals surface area contributed by atoms with E-state index < -0.39 is 13.9 Å². The third kappa shape index (κ3) is 48.1. The van der Waals surface area contributed by atoms with Gasteiger partial charge in [0.05, 0.1) is 19.8 Å². The summed E-state index contributed by atoms with van der Waals surface area (Å²) in [5.74, 6) is -0.324. The topological polar surface area (TPSA) is 117 Å². The van der Waals surface area contributed by atoms with Crippen LogP contribution in [-0.4, -0.2) is 49.9 Å². The number of allylic oxidation sites excluding steroid dienone is 2. The van der Waals surface area contributed by atoms with E-state index in [1.807, 2.05) is 0 Å². The zero-order valence-corrected chi connectivity index (χ0v) is 40.2. The van der Waals surface area contributed by atoms with Crippen LogP contribution in [0.15, 0.2) is 12.2 Å². The quantitative estimate of drug-likeness (QED) is 0.0269. The van der Waals surface area contributed by atoms with Crippen LogP contribution in [0.2, 0.25) is 0 Å². The van der Waals surface area contributed by atoms with Crippen molar-refractivity contribution in [3.8, 4) is 0 Å². The summed E-state index contributed by atoms with van der Waals surface area (Å²) in [7, 11) is -4.28. The summed E-state index contributed by atoms with van der Waals surface area (Å²) >= 11 is 0. The van der Waals surface area contributed by atoms with Crippen molar-refractivity contribution in [2.45, 2.75) is 270 Å². The van der Waals surface area contributed by atoms with Crippen LogP contribution in [0.3, 0.4) is 0 Å². The molecule has 352 valence electrons. The van der Waals surface area contributed by atoms with Gasteiger partial charge in [-0.1, -0.05) is 231 Å². The molecule has 2 unspecified atom stereocenters. The summed E-state index contributed by atoms with van der Waals surface area (Å²) in [6, 6.07) is 0. The Kier molecular flexibility index (Phi) is 47.7. The monoisotopic (exact) mass is 858 g/mol. The molecule has 9 heteroatoms. The molecule has 0 fully saturated rings. The van der Waals surface area contributed by atoms with Gasteiger partial charge in [0.1, 0.15) is 6.10 Å². The molecular weight excluding hydrogens is 758 g/mol. The summed E-state index contributed by atoms with van der Waals surface area (Å²) in [5.41, 5.74) is 5.39. The first-order valence-corrected chi connectivity index (χ1v) is 27.2. The molecule has 0 aromatic rings. The van der Waals surface area contributed by atoms with Gasteiger partial charge in [-0.25, -0.2) is 4.57 Å². The lowest BCUT2D eigenvalue weighted by molar-refractivity contribution is -0.154. The first kappa shape index (κ1) is 58.2. The van der Waals surface area contributed by atoms with E-state index in [1.165, 1.54) is 212 Å². The molecule has 0 spiro atoms. The van der Waals surface area contributed by atoms with Gasteiger partial charge < -0.3 is 20.1 Å². The van der Waals surface area contributed by atoms with Gasteiger partial charge >= 0.3 is 13.8 Å². The molecule has 0 saturated heterocycles. The van der Waals surface area contributed by atoms with Gasteiger partial charge in [-0.05, 0) is 38.5 Å². The van der Waals surface area contributed by atoms with Gasteiger partial charge in [-0.3, -0.25) is 13.8 Å². The SMILES string of the molecule is CCCCCCCCCC/C=C\CCCCCCCCCCCCCC(=O)OC(COCCCCCCCCCCCCCCCCCCC)COP(=O)(O)OCCN. The molecule has 0 bridgehead atoms. The first-order valence-electron chi connectivity index (χ1n) is 25.7. The molecular formula is C50H100NO7P. The molecule has 0 aromatic heterocycles. The number of phosphoric acid groups is 1. The summed E-state index contributed by atoms with van der Waals surface area (Å²) in [5, 5.41) is 0. The van der Waals surface area contributed by atoms with E-state index in [-0.39, 0.29) is 32.3 Å². The van der Waals surface area contributed by atoms with Gasteiger partial charge in [0.25, 0.3) is 0 Å². The number of unbranched alkanes of at least 4 members (excludes halogenated alkanes) is 35. The van der Waals surface area contributed by atoms with E-state index in [0.717, 1.165) is 32.1 Å². The van der Waals surface area contributed by atoms with Crippen molar-refractivity contribution < 1.29 is 32.8 Å². The van der Waals surface area contributed by atoms with Crippen LogP contribution >= 0.6 is 7.82 Å². The van der Waals surface area contributed by atoms with E-state index in [4.69, 9.17) is 24.3 Å². The number of esters is 1. The molecule has 0 aliphatic heterocycles. The molecule has 0 saturated carbocycles. The molecule has 0 amide bonds. The van der Waals surface area contributed by atoms with Crippen LogP contribution in [0.4, 0.5) is 0 Å². The van der Waals surface area contributed by atoms with Gasteiger partial charge in [0.2, 0.25) is 0 Å². The maximum Gasteiger partial charge on any atom is 0.472 e. The van der Waals surface area contributed by atoms with Crippen LogP contribution in [0, 0.1) is 0 Å². The van der Waals surface area contributed by atoms with Crippen molar-refractivity contribution in [1.29, 1.82) is 0 Å². The average molecular weight is 858 g/mol. The van der Waals surface area contributed by atoms with Crippen LogP contribution < -0.4 is 5.73 Å². The van der Waals surface area contributed by atoms with Gasteiger partial charge in [-0.15, -0.1) is 0 Å². The fourth-order valence-corrected chi connectivity index (χ4v) is 8.41. The lowest BCUT2D eigenvalue weighted by Gasteiger charge is -2.20. The summed E-state index contributed by atoms with van der Waals surface area (Å²) < 4.78 is 33.6. The van der Waals surface area contributed by atoms with Crippen LogP contribution in [0.5, 0.6) is 0 Å². The Morgan fingerprint density at radius 3 is 1.24 bits per heavy atom. The maximum atomic E-state index is 12.7. The highest BCUT2D eigenvalue weighted by Gasteiger charge is 2.25. The Morgan fingerprint density at radius 2 is 0.847 bits per heavy atom. The fraction of sp³-hybridized carbons (Fsp3) is 0.940. The second-order valence-corrected chi connectivity index (χ2v) is 18.8. The first-order chi connectivity index (χ1) is 28.9. The lowest BCUT2D eigenvalue weighted by atomic mass is 10.0. The molecule has 0 rings (SSSR count). The highest BCUT2D eigenvalue weighted by atomic mass is 31.2. The predicted molar refractivity (Wildman–Crippen MR) is 252 cm³/mol. The molecule has 0 aliphatic carbocycles. The molecule has 0 aliphatic rings. The fourth-order valence-electron chi connectivity index (χ4n) is 7.64. The lowest BCUT2D eigenvalue weighted by Crippen LogP contribution is -2.28. The Bertz CT molecular complexity index is 920. The smallest absolute Gasteiger partial charge is 0.457 e. The number of hydrogen-bond donors (Lipinski definition) is 2. The number of nitrogens with two attached hydrogens (primary N) is 1. The van der Waals surface area contributed by atoms with Crippen LogP contribution in [0.1, 0.15) is 264 Å². The predicted octanol–water partition coefficient (Wildman–Crippen LogP) is 15.8. The largest absolute Gasteiger partial charge is 0.472 e. The van der Waals surface area contributed by atoms with Crippen molar-refractivity contribution in [3.05, 3.63) is 12.2 Å². The molecule has 59 heavy (non-hydrogen) atoms. The number of hydrogen-bond acceptors (Lipinski definition) is 7. The normalized spacial score (nSPS) is 13.4. The van der Waals surface area contributed by atoms with Crippen molar-refractivity contribution in [3.63, 3.8) is 0 Å². The summed E-state index contributed by atoms with van der Waals surface area (Å²) in [6.45, 7) is 4.99. The number of phosphoric ester groups is 1. The van der Waals surface area contributed by atoms with E-state index in [1.54, 1.807) is 0 Å². The zero-order valence-electron chi connectivity index (χ0n) is 39.3. The number of carbonyl (C=O) groups excluding carboxylic acids is 1. The second kappa shape index (κ2) is 48.3. The van der Waals surface area contributed by atoms with Crippen molar-refractivity contribution >= 4 is 13.8 Å². The van der Waals surface area contributed by atoms with Gasteiger partial charge in [-0.2, -0.15) is 0 Å². The number of rotatable bonds is 50. The third-order valence-electron chi connectivity index (χ3n) is 11.4. The van der Waals surface area contributed by atoms with E-state index in [0.29, 0.717) is 13.0 Å². The Hall–Kier alpha value is -0.760. The summed E-state index contributed by atoms with van der Waals surface area (Å²) in [4.78, 5) is 22.6. The second-order valence-electron chi connectivity index (χ2n) is 17.4. The molecule has 0 heterocycles. The van der Waals surface area contributed by atoms with E-state index >= 15 is 0 Å². The molecule has 0 aromatic carbocycles. The minimum absolute atomic E-state index is 0.0917. The van der Waals surface area contributed by atoms with Gasteiger partial charge in [0, 0.05) is 19.6 Å². The van der Waals surface area contributed by atoms with E-state index in [2.05, 4.69) is 26.0 Å². The van der Waals surface area contributed by atoms with Crippen molar-refractivity contribution in [1.82, 2.24) is 0 Å². The van der Waals surface area contributed by atoms with Crippen molar-refractivity contribution in [2.24, 2.45) is 5.73 Å². The number of ether oxygens (including phenoxy) is 2. The zero-order chi connectivity index (χ0) is 43.0. The Balaban J connectivity index is 3.89. The number of carbonyl (C=O) groups is 1. The standard InChI is InChI=1S/C50H100NO7P/c1-3-5-7-9-11-13-15-17-19-21-22-23-24-25-26-27-29-31-33-35-37-39-41-43-50(52)58-49(48-57-59(53,54)56-46-44-51)47-55-45-42-40-38-36-34-32-30-28-20-18-16-14-12-10-8-6-4-2/h21-22,49H,3-20,23-48,51H2,1-2H3,(H,53,54)/b22-21-. The van der Waals surface area contributed by atoms with E-state index in [9.17, 15) is 14.3 Å².